The summed E-state index contributed by atoms with van der Waals surface area (Å²) < 4.78 is 25.8. The van der Waals surface area contributed by atoms with Gasteiger partial charge in [0.25, 0.3) is 0 Å². The number of hydrogen-bond donors (Lipinski definition) is 2. The molecule has 0 aliphatic rings. The normalized spacial score (nSPS) is 13.1. The van der Waals surface area contributed by atoms with E-state index in [-0.39, 0.29) is 17.2 Å². The van der Waals surface area contributed by atoms with Gasteiger partial charge in [0.15, 0.2) is 0 Å². The average Bonchev–Trinajstić information content (AvgIpc) is 2.59. The number of hydrogen-bond acceptors (Lipinski definition) is 3. The predicted octanol–water partition coefficient (Wildman–Crippen LogP) is 4.54. The summed E-state index contributed by atoms with van der Waals surface area (Å²) in [6.45, 7) is 8.78. The van der Waals surface area contributed by atoms with Crippen molar-refractivity contribution >= 4 is 37.5 Å². The minimum absolute atomic E-state index is 0.0874. The van der Waals surface area contributed by atoms with E-state index in [2.05, 4.69) is 58.9 Å². The van der Waals surface area contributed by atoms with E-state index in [1.165, 1.54) is 5.56 Å². The van der Waals surface area contributed by atoms with Crippen LogP contribution in [0.5, 0.6) is 0 Å². The molecule has 0 aliphatic carbocycles. The molecular weight excluding hydrogens is 440 g/mol. The summed E-state index contributed by atoms with van der Waals surface area (Å²) in [4.78, 5) is 12.5. The Labute approximate surface area is 176 Å². The molecule has 2 aromatic carbocycles. The van der Waals surface area contributed by atoms with Gasteiger partial charge in [-0.05, 0) is 57.1 Å². The molecule has 5 nitrogen and oxygen atoms in total. The molecule has 0 spiro atoms. The molecule has 0 heterocycles. The number of benzene rings is 2. The molecule has 0 aliphatic heterocycles. The number of carbonyl (C=O) groups is 1. The van der Waals surface area contributed by atoms with Crippen molar-refractivity contribution in [1.82, 2.24) is 5.32 Å². The fourth-order valence-electron chi connectivity index (χ4n) is 2.70. The van der Waals surface area contributed by atoms with Crippen LogP contribution >= 0.6 is 15.9 Å². The molecule has 1 atom stereocenters. The molecule has 2 rings (SSSR count). The molecule has 1 unspecified atom stereocenters. The number of sulfonamides is 1. The van der Waals surface area contributed by atoms with E-state index in [0.29, 0.717) is 16.7 Å². The molecule has 0 fully saturated rings. The van der Waals surface area contributed by atoms with Crippen molar-refractivity contribution in [2.45, 2.75) is 45.6 Å². The second-order valence-electron chi connectivity index (χ2n) is 8.00. The Balaban J connectivity index is 2.01. The van der Waals surface area contributed by atoms with Crippen LogP contribution in [0.3, 0.4) is 0 Å². The zero-order chi connectivity index (χ0) is 21.1. The van der Waals surface area contributed by atoms with Crippen molar-refractivity contribution in [3.8, 4) is 0 Å². The van der Waals surface area contributed by atoms with E-state index in [9.17, 15) is 13.2 Å². The second kappa shape index (κ2) is 8.66. The van der Waals surface area contributed by atoms with Crippen LogP contribution < -0.4 is 10.0 Å². The summed E-state index contributed by atoms with van der Waals surface area (Å²) in [6, 6.07) is 13.4. The van der Waals surface area contributed by atoms with E-state index in [4.69, 9.17) is 0 Å². The van der Waals surface area contributed by atoms with E-state index in [1.54, 1.807) is 18.2 Å². The summed E-state index contributed by atoms with van der Waals surface area (Å²) in [5, 5.41) is 2.96. The second-order valence-corrected chi connectivity index (χ2v) is 10.6. The summed E-state index contributed by atoms with van der Waals surface area (Å²) in [6.07, 6.45) is 1.09. The smallest absolute Gasteiger partial charge is 0.229 e. The third-order valence-corrected chi connectivity index (χ3v) is 5.72. The van der Waals surface area contributed by atoms with Gasteiger partial charge in [0.1, 0.15) is 0 Å². The monoisotopic (exact) mass is 466 g/mol. The van der Waals surface area contributed by atoms with Gasteiger partial charge in [0.05, 0.1) is 17.9 Å². The van der Waals surface area contributed by atoms with Gasteiger partial charge in [-0.2, -0.15) is 0 Å². The molecule has 1 amide bonds. The van der Waals surface area contributed by atoms with Crippen LogP contribution in [0.25, 0.3) is 0 Å². The van der Waals surface area contributed by atoms with Gasteiger partial charge in [-0.1, -0.05) is 51.1 Å². The first kappa shape index (κ1) is 22.4. The van der Waals surface area contributed by atoms with Gasteiger partial charge in [0.2, 0.25) is 15.9 Å². The highest BCUT2D eigenvalue weighted by Gasteiger charge is 2.17. The molecule has 28 heavy (non-hydrogen) atoms. The van der Waals surface area contributed by atoms with Crippen molar-refractivity contribution in [3.63, 3.8) is 0 Å². The number of amides is 1. The molecule has 0 saturated heterocycles. The molecule has 0 radical (unpaired) electrons. The van der Waals surface area contributed by atoms with E-state index < -0.39 is 10.0 Å². The highest BCUT2D eigenvalue weighted by Crippen LogP contribution is 2.28. The Morgan fingerprint density at radius 2 is 1.71 bits per heavy atom. The van der Waals surface area contributed by atoms with Gasteiger partial charge in [-0.3, -0.25) is 9.52 Å². The lowest BCUT2D eigenvalue weighted by Gasteiger charge is -2.19. The van der Waals surface area contributed by atoms with Gasteiger partial charge in [0, 0.05) is 11.0 Å². The van der Waals surface area contributed by atoms with Crippen LogP contribution in [-0.4, -0.2) is 20.6 Å². The van der Waals surface area contributed by atoms with Crippen LogP contribution in [0, 0.1) is 0 Å². The highest BCUT2D eigenvalue weighted by molar-refractivity contribution is 9.10. The molecule has 2 aromatic rings. The Morgan fingerprint density at radius 1 is 1.11 bits per heavy atom. The third kappa shape index (κ3) is 6.34. The van der Waals surface area contributed by atoms with Gasteiger partial charge in [-0.25, -0.2) is 8.42 Å². The number of halogens is 1. The summed E-state index contributed by atoms with van der Waals surface area (Å²) in [5.74, 6) is -0.451. The molecule has 0 saturated carbocycles. The Morgan fingerprint density at radius 3 is 2.21 bits per heavy atom. The zero-order valence-corrected chi connectivity index (χ0v) is 19.2. The topological polar surface area (TPSA) is 75.3 Å². The van der Waals surface area contributed by atoms with Crippen molar-refractivity contribution < 1.29 is 13.2 Å². The van der Waals surface area contributed by atoms with Crippen molar-refractivity contribution in [2.24, 2.45) is 0 Å². The summed E-state index contributed by atoms with van der Waals surface area (Å²) in [7, 11) is -3.36. The van der Waals surface area contributed by atoms with Gasteiger partial charge in [-0.15, -0.1) is 0 Å². The fourth-order valence-corrected chi connectivity index (χ4v) is 3.90. The zero-order valence-electron chi connectivity index (χ0n) is 16.8. The lowest BCUT2D eigenvalue weighted by molar-refractivity contribution is -0.122. The Hall–Kier alpha value is -1.86. The SMILES string of the molecule is CC(C(=O)NCc1ccc(C(C)(C)C)cc1)c1ccc(NS(C)(=O)=O)c(Br)c1. The van der Waals surface area contributed by atoms with E-state index in [1.807, 2.05) is 19.1 Å². The number of carbonyl (C=O) groups excluding carboxylic acids is 1. The standard InChI is InChI=1S/C21H27BrN2O3S/c1-14(16-8-11-19(18(22)12-16)24-28(5,26)27)20(25)23-13-15-6-9-17(10-7-15)21(2,3)4/h6-12,14,24H,13H2,1-5H3,(H,23,25). The molecule has 0 aromatic heterocycles. The maximum absolute atomic E-state index is 12.5. The van der Waals surface area contributed by atoms with E-state index >= 15 is 0 Å². The van der Waals surface area contributed by atoms with Crippen LogP contribution in [0.4, 0.5) is 5.69 Å². The van der Waals surface area contributed by atoms with Crippen LogP contribution in [0.2, 0.25) is 0 Å². The first-order valence-electron chi connectivity index (χ1n) is 9.01. The predicted molar refractivity (Wildman–Crippen MR) is 118 cm³/mol. The maximum atomic E-state index is 12.5. The van der Waals surface area contributed by atoms with Crippen molar-refractivity contribution in [3.05, 3.63) is 63.6 Å². The first-order valence-corrected chi connectivity index (χ1v) is 11.7. The molecule has 152 valence electrons. The molecule has 0 bridgehead atoms. The number of rotatable bonds is 6. The Kier molecular flexibility index (Phi) is 6.93. The maximum Gasteiger partial charge on any atom is 0.229 e. The summed E-state index contributed by atoms with van der Waals surface area (Å²) in [5.41, 5.74) is 3.64. The van der Waals surface area contributed by atoms with Crippen molar-refractivity contribution in [1.29, 1.82) is 0 Å². The largest absolute Gasteiger partial charge is 0.352 e. The molecular formula is C21H27BrN2O3S. The van der Waals surface area contributed by atoms with Gasteiger partial charge >= 0.3 is 0 Å². The lowest BCUT2D eigenvalue weighted by atomic mass is 9.87. The Bertz CT molecular complexity index is 949. The van der Waals surface area contributed by atoms with Gasteiger partial charge < -0.3 is 5.32 Å². The number of nitrogens with one attached hydrogen (secondary N) is 2. The first-order chi connectivity index (χ1) is 12.9. The highest BCUT2D eigenvalue weighted by atomic mass is 79.9. The third-order valence-electron chi connectivity index (χ3n) is 4.47. The summed E-state index contributed by atoms with van der Waals surface area (Å²) >= 11 is 3.36. The van der Waals surface area contributed by atoms with Crippen LogP contribution in [0.15, 0.2) is 46.9 Å². The number of anilines is 1. The molecule has 7 heteroatoms. The van der Waals surface area contributed by atoms with Crippen molar-refractivity contribution in [2.75, 3.05) is 11.0 Å². The average molecular weight is 467 g/mol. The quantitative estimate of drug-likeness (QED) is 0.655. The fraction of sp³-hybridized carbons (Fsp3) is 0.381. The molecule has 2 N–H and O–H groups in total. The van der Waals surface area contributed by atoms with Crippen LogP contribution in [0.1, 0.15) is 50.3 Å². The minimum Gasteiger partial charge on any atom is -0.352 e. The lowest BCUT2D eigenvalue weighted by Crippen LogP contribution is -2.27. The minimum atomic E-state index is -3.36. The van der Waals surface area contributed by atoms with E-state index in [0.717, 1.165) is 17.4 Å². The van der Waals surface area contributed by atoms with Crippen LogP contribution in [-0.2, 0) is 26.8 Å².